The lowest BCUT2D eigenvalue weighted by molar-refractivity contribution is 0.0922. The molecule has 0 saturated heterocycles. The maximum atomic E-state index is 12.2. The Balaban J connectivity index is 1.67. The van der Waals surface area contributed by atoms with Crippen molar-refractivity contribution in [3.63, 3.8) is 0 Å². The number of urea groups is 1. The second kappa shape index (κ2) is 9.30. The van der Waals surface area contributed by atoms with Crippen molar-refractivity contribution in [1.82, 2.24) is 9.97 Å². The van der Waals surface area contributed by atoms with E-state index in [4.69, 9.17) is 21.6 Å². The van der Waals surface area contributed by atoms with Gasteiger partial charge >= 0.3 is 6.03 Å². The summed E-state index contributed by atoms with van der Waals surface area (Å²) in [5, 5.41) is 14.2. The van der Waals surface area contributed by atoms with Gasteiger partial charge in [-0.3, -0.25) is 10.1 Å². The molecule has 0 aliphatic heterocycles. The number of halogens is 1. The van der Waals surface area contributed by atoms with Gasteiger partial charge in [-0.15, -0.1) is 0 Å². The monoisotopic (exact) mass is 407 g/mol. The summed E-state index contributed by atoms with van der Waals surface area (Å²) in [6, 6.07) is 14.6. The Morgan fingerprint density at radius 1 is 1.07 bits per heavy atom. The summed E-state index contributed by atoms with van der Waals surface area (Å²) in [6.07, 6.45) is 2.49. The Kier molecular flexibility index (Phi) is 6.35. The molecule has 2 N–H and O–H groups in total. The number of hydrogen-bond donors (Lipinski definition) is 2. The molecule has 0 radical (unpaired) electrons. The van der Waals surface area contributed by atoms with Gasteiger partial charge in [0.15, 0.2) is 23.9 Å². The SMILES string of the molecule is N#Cc1cnc(NC(=O)Nc2cc(Cl)ccc2OCC(=O)c2ccccc2)cn1. The minimum atomic E-state index is -0.620. The van der Waals surface area contributed by atoms with Crippen LogP contribution in [0.15, 0.2) is 60.9 Å². The number of Topliss-reactive ketones (excluding diaryl/α,β-unsaturated/α-hetero) is 1. The second-order valence-electron chi connectivity index (χ2n) is 5.70. The van der Waals surface area contributed by atoms with Gasteiger partial charge in [-0.25, -0.2) is 14.8 Å². The van der Waals surface area contributed by atoms with Crippen molar-refractivity contribution in [1.29, 1.82) is 5.26 Å². The maximum absolute atomic E-state index is 12.2. The van der Waals surface area contributed by atoms with E-state index in [9.17, 15) is 9.59 Å². The predicted molar refractivity (Wildman–Crippen MR) is 107 cm³/mol. The van der Waals surface area contributed by atoms with E-state index in [0.717, 1.165) is 0 Å². The topological polar surface area (TPSA) is 117 Å². The van der Waals surface area contributed by atoms with Crippen LogP contribution >= 0.6 is 11.6 Å². The van der Waals surface area contributed by atoms with Crippen molar-refractivity contribution in [2.24, 2.45) is 0 Å². The highest BCUT2D eigenvalue weighted by Crippen LogP contribution is 2.28. The molecule has 3 rings (SSSR count). The molecule has 0 aliphatic rings. The number of benzene rings is 2. The number of ether oxygens (including phenoxy) is 1. The quantitative estimate of drug-likeness (QED) is 0.598. The van der Waals surface area contributed by atoms with Crippen LogP contribution in [-0.4, -0.2) is 28.4 Å². The summed E-state index contributed by atoms with van der Waals surface area (Å²) in [5.41, 5.74) is 0.926. The van der Waals surface area contributed by atoms with Gasteiger partial charge in [-0.05, 0) is 18.2 Å². The van der Waals surface area contributed by atoms with Gasteiger partial charge < -0.3 is 10.1 Å². The molecule has 0 bridgehead atoms. The van der Waals surface area contributed by atoms with Crippen molar-refractivity contribution in [3.05, 3.63) is 77.2 Å². The fourth-order valence-corrected chi connectivity index (χ4v) is 2.47. The number of aromatic nitrogens is 2. The van der Waals surface area contributed by atoms with Crippen LogP contribution in [0.25, 0.3) is 0 Å². The fourth-order valence-electron chi connectivity index (χ4n) is 2.30. The third-order valence-electron chi connectivity index (χ3n) is 3.65. The second-order valence-corrected chi connectivity index (χ2v) is 6.13. The van der Waals surface area contributed by atoms with Gasteiger partial charge in [-0.2, -0.15) is 5.26 Å². The molecule has 0 unspecified atom stereocenters. The highest BCUT2D eigenvalue weighted by Gasteiger charge is 2.12. The minimum absolute atomic E-state index is 0.129. The lowest BCUT2D eigenvalue weighted by Gasteiger charge is -2.13. The van der Waals surface area contributed by atoms with Gasteiger partial charge in [0.05, 0.1) is 18.1 Å². The van der Waals surface area contributed by atoms with Gasteiger partial charge in [0.2, 0.25) is 0 Å². The molecule has 2 aromatic carbocycles. The first-order valence-corrected chi connectivity index (χ1v) is 8.73. The van der Waals surface area contributed by atoms with E-state index >= 15 is 0 Å². The molecule has 1 heterocycles. The van der Waals surface area contributed by atoms with Crippen molar-refractivity contribution >= 4 is 34.9 Å². The van der Waals surface area contributed by atoms with Gasteiger partial charge in [0.25, 0.3) is 0 Å². The van der Waals surface area contributed by atoms with Gasteiger partial charge in [-0.1, -0.05) is 41.9 Å². The van der Waals surface area contributed by atoms with Crippen LogP contribution in [-0.2, 0) is 0 Å². The van der Waals surface area contributed by atoms with Crippen molar-refractivity contribution in [2.45, 2.75) is 0 Å². The van der Waals surface area contributed by atoms with Crippen LogP contribution in [0, 0.1) is 11.3 Å². The summed E-state index contributed by atoms with van der Waals surface area (Å²) in [7, 11) is 0. The third-order valence-corrected chi connectivity index (χ3v) is 3.89. The van der Waals surface area contributed by atoms with Crippen LogP contribution in [0.3, 0.4) is 0 Å². The van der Waals surface area contributed by atoms with Crippen LogP contribution in [0.1, 0.15) is 16.1 Å². The molecule has 0 saturated carbocycles. The third kappa shape index (κ3) is 5.51. The van der Waals surface area contributed by atoms with E-state index in [1.165, 1.54) is 18.5 Å². The molecule has 0 spiro atoms. The Bertz CT molecular complexity index is 1070. The highest BCUT2D eigenvalue weighted by atomic mass is 35.5. The van der Waals surface area contributed by atoms with Gasteiger partial charge in [0, 0.05) is 10.6 Å². The summed E-state index contributed by atoms with van der Waals surface area (Å²) in [4.78, 5) is 32.2. The van der Waals surface area contributed by atoms with E-state index < -0.39 is 6.03 Å². The molecule has 29 heavy (non-hydrogen) atoms. The van der Waals surface area contributed by atoms with E-state index in [0.29, 0.717) is 10.6 Å². The number of ketones is 1. The first kappa shape index (κ1) is 19.8. The van der Waals surface area contributed by atoms with E-state index in [2.05, 4.69) is 20.6 Å². The number of nitrogens with zero attached hydrogens (tertiary/aromatic N) is 3. The molecule has 2 amide bonds. The Labute approximate surface area is 171 Å². The molecule has 8 nitrogen and oxygen atoms in total. The molecule has 0 aliphatic carbocycles. The van der Waals surface area contributed by atoms with Crippen molar-refractivity contribution < 1.29 is 14.3 Å². The zero-order valence-electron chi connectivity index (χ0n) is 14.9. The Hall–Kier alpha value is -3.96. The minimum Gasteiger partial charge on any atom is -0.483 e. The molecule has 9 heteroatoms. The number of hydrogen-bond acceptors (Lipinski definition) is 6. The number of amides is 2. The molecular formula is C20H14ClN5O3. The van der Waals surface area contributed by atoms with Crippen molar-refractivity contribution in [2.75, 3.05) is 17.2 Å². The summed E-state index contributed by atoms with van der Waals surface area (Å²) in [6.45, 7) is -0.205. The Morgan fingerprint density at radius 2 is 1.86 bits per heavy atom. The molecule has 1 aromatic heterocycles. The van der Waals surface area contributed by atoms with Crippen LogP contribution in [0.4, 0.5) is 16.3 Å². The fraction of sp³-hybridized carbons (Fsp3) is 0.0500. The molecular weight excluding hydrogens is 394 g/mol. The van der Waals surface area contributed by atoms with Crippen LogP contribution in [0.5, 0.6) is 5.75 Å². The predicted octanol–water partition coefficient (Wildman–Crippen LogP) is 3.91. The molecule has 3 aromatic rings. The number of rotatable bonds is 6. The number of nitrogens with one attached hydrogen (secondary N) is 2. The number of carbonyl (C=O) groups excluding carboxylic acids is 2. The van der Waals surface area contributed by atoms with E-state index in [1.807, 2.05) is 12.1 Å². The molecule has 0 atom stereocenters. The number of anilines is 2. The number of nitriles is 1. The maximum Gasteiger partial charge on any atom is 0.325 e. The standard InChI is InChI=1S/C20H14ClN5O3/c21-14-6-7-18(29-12-17(27)13-4-2-1-3-5-13)16(8-14)25-20(28)26-19-11-23-15(9-22)10-24-19/h1-8,10-11H,12H2,(H2,24,25,26,28). The van der Waals surface area contributed by atoms with Gasteiger partial charge in [0.1, 0.15) is 11.8 Å². The largest absolute Gasteiger partial charge is 0.483 e. The zero-order chi connectivity index (χ0) is 20.6. The van der Waals surface area contributed by atoms with Crippen molar-refractivity contribution in [3.8, 4) is 11.8 Å². The van der Waals surface area contributed by atoms with Crippen LogP contribution < -0.4 is 15.4 Å². The van der Waals surface area contributed by atoms with E-state index in [-0.39, 0.29) is 35.3 Å². The zero-order valence-corrected chi connectivity index (χ0v) is 15.7. The van der Waals surface area contributed by atoms with E-state index in [1.54, 1.807) is 36.4 Å². The first-order valence-electron chi connectivity index (χ1n) is 8.36. The first-order chi connectivity index (χ1) is 14.0. The normalized spacial score (nSPS) is 9.93. The smallest absolute Gasteiger partial charge is 0.325 e. The summed E-state index contributed by atoms with van der Waals surface area (Å²) >= 11 is 6.01. The summed E-state index contributed by atoms with van der Waals surface area (Å²) < 4.78 is 5.58. The average molecular weight is 408 g/mol. The molecule has 0 fully saturated rings. The van der Waals surface area contributed by atoms with Crippen LogP contribution in [0.2, 0.25) is 5.02 Å². The lowest BCUT2D eigenvalue weighted by atomic mass is 10.1. The molecule has 144 valence electrons. The Morgan fingerprint density at radius 3 is 2.55 bits per heavy atom. The highest BCUT2D eigenvalue weighted by molar-refractivity contribution is 6.31. The number of carbonyl (C=O) groups is 2. The lowest BCUT2D eigenvalue weighted by Crippen LogP contribution is -2.21. The average Bonchev–Trinajstić information content (AvgIpc) is 2.74. The summed E-state index contributed by atoms with van der Waals surface area (Å²) in [5.74, 6) is 0.230.